The fraction of sp³-hybridized carbons (Fsp3) is 0.562. The smallest absolute Gasteiger partial charge is 0.192 e. The number of guanidine groups is 1. The molecule has 0 aromatic carbocycles. The van der Waals surface area contributed by atoms with Crippen LogP contribution >= 0.6 is 35.3 Å². The second kappa shape index (κ2) is 10.1. The number of hydrogen-bond donors (Lipinski definition) is 2. The fourth-order valence-electron chi connectivity index (χ4n) is 2.48. The van der Waals surface area contributed by atoms with Crippen LogP contribution in [0.1, 0.15) is 22.9 Å². The van der Waals surface area contributed by atoms with Crippen molar-refractivity contribution in [1.82, 2.24) is 25.4 Å². The number of aromatic nitrogens is 3. The van der Waals surface area contributed by atoms with E-state index >= 15 is 0 Å². The number of halogens is 1. The third-order valence-electron chi connectivity index (χ3n) is 4.15. The van der Waals surface area contributed by atoms with E-state index in [1.165, 1.54) is 4.88 Å². The van der Waals surface area contributed by atoms with Crippen molar-refractivity contribution >= 4 is 41.3 Å². The van der Waals surface area contributed by atoms with Crippen molar-refractivity contribution in [3.63, 3.8) is 0 Å². The Morgan fingerprint density at radius 1 is 1.44 bits per heavy atom. The summed E-state index contributed by atoms with van der Waals surface area (Å²) in [6.45, 7) is 5.76. The Balaban J connectivity index is 0.00000225. The second-order valence-electron chi connectivity index (χ2n) is 5.93. The molecule has 1 aliphatic rings. The summed E-state index contributed by atoms with van der Waals surface area (Å²) in [7, 11) is 1.96. The van der Waals surface area contributed by atoms with Crippen molar-refractivity contribution in [2.75, 3.05) is 19.8 Å². The van der Waals surface area contributed by atoms with Gasteiger partial charge in [-0.15, -0.1) is 45.5 Å². The van der Waals surface area contributed by atoms with E-state index in [0.29, 0.717) is 12.5 Å². The first-order valence-corrected chi connectivity index (χ1v) is 9.07. The van der Waals surface area contributed by atoms with E-state index in [1.54, 1.807) is 11.3 Å². The molecule has 1 atom stereocenters. The molecule has 2 aromatic rings. The average Bonchev–Trinajstić information content (AvgIpc) is 3.33. The molecule has 2 aromatic heterocycles. The van der Waals surface area contributed by atoms with Crippen LogP contribution in [0.5, 0.6) is 0 Å². The van der Waals surface area contributed by atoms with E-state index in [-0.39, 0.29) is 24.0 Å². The standard InChI is InChI=1S/C16H24N6OS.HI/c1-12-20-21-15(22(12)2)10-19-16(17-8-13-5-6-23-11-13)18-9-14-4-3-7-24-14;/h3-4,7,13H,5-6,8-11H2,1-2H3,(H2,17,18,19);1H. The summed E-state index contributed by atoms with van der Waals surface area (Å²) < 4.78 is 7.40. The minimum absolute atomic E-state index is 0. The second-order valence-corrected chi connectivity index (χ2v) is 6.96. The molecule has 1 saturated heterocycles. The van der Waals surface area contributed by atoms with Gasteiger partial charge in [0, 0.05) is 31.0 Å². The van der Waals surface area contributed by atoms with Gasteiger partial charge in [0.2, 0.25) is 0 Å². The molecule has 0 spiro atoms. The fourth-order valence-corrected chi connectivity index (χ4v) is 3.13. The van der Waals surface area contributed by atoms with E-state index in [4.69, 9.17) is 4.74 Å². The Morgan fingerprint density at radius 2 is 2.32 bits per heavy atom. The lowest BCUT2D eigenvalue weighted by Crippen LogP contribution is -2.39. The van der Waals surface area contributed by atoms with Gasteiger partial charge in [0.1, 0.15) is 12.4 Å². The summed E-state index contributed by atoms with van der Waals surface area (Å²) in [5.74, 6) is 3.10. The van der Waals surface area contributed by atoms with Crippen molar-refractivity contribution in [1.29, 1.82) is 0 Å². The minimum atomic E-state index is 0. The largest absolute Gasteiger partial charge is 0.381 e. The van der Waals surface area contributed by atoms with Crippen molar-refractivity contribution in [3.8, 4) is 0 Å². The molecular formula is C16H25IN6OS. The number of aliphatic imine (C=N–C) groups is 1. The highest BCUT2D eigenvalue weighted by molar-refractivity contribution is 14.0. The molecule has 0 amide bonds. The van der Waals surface area contributed by atoms with Crippen molar-refractivity contribution in [2.45, 2.75) is 26.4 Å². The van der Waals surface area contributed by atoms with Gasteiger partial charge in [-0.2, -0.15) is 0 Å². The number of nitrogens with one attached hydrogen (secondary N) is 2. The summed E-state index contributed by atoms with van der Waals surface area (Å²) in [5.41, 5.74) is 0. The number of nitrogens with zero attached hydrogens (tertiary/aromatic N) is 4. The van der Waals surface area contributed by atoms with E-state index in [2.05, 4.69) is 43.3 Å². The Bertz CT molecular complexity index is 666. The number of aryl methyl sites for hydroxylation is 1. The summed E-state index contributed by atoms with van der Waals surface area (Å²) >= 11 is 1.74. The lowest BCUT2D eigenvalue weighted by atomic mass is 10.1. The molecule has 0 radical (unpaired) electrons. The van der Waals surface area contributed by atoms with Crippen LogP contribution in [0.4, 0.5) is 0 Å². The summed E-state index contributed by atoms with van der Waals surface area (Å²) in [6, 6.07) is 4.18. The highest BCUT2D eigenvalue weighted by Gasteiger charge is 2.16. The zero-order valence-corrected chi connectivity index (χ0v) is 17.7. The van der Waals surface area contributed by atoms with Crippen LogP contribution in [0.3, 0.4) is 0 Å². The third-order valence-corrected chi connectivity index (χ3v) is 5.03. The predicted octanol–water partition coefficient (Wildman–Crippen LogP) is 2.07. The molecule has 0 saturated carbocycles. The third kappa shape index (κ3) is 5.93. The monoisotopic (exact) mass is 476 g/mol. The summed E-state index contributed by atoms with van der Waals surface area (Å²) in [5, 5.41) is 17.1. The quantitative estimate of drug-likeness (QED) is 0.380. The summed E-state index contributed by atoms with van der Waals surface area (Å²) in [4.78, 5) is 5.94. The molecule has 0 bridgehead atoms. The van der Waals surface area contributed by atoms with Crippen molar-refractivity contribution in [2.24, 2.45) is 18.0 Å². The van der Waals surface area contributed by atoms with Gasteiger partial charge in [-0.1, -0.05) is 6.07 Å². The van der Waals surface area contributed by atoms with Gasteiger partial charge in [-0.25, -0.2) is 4.99 Å². The van der Waals surface area contributed by atoms with Gasteiger partial charge in [-0.3, -0.25) is 0 Å². The molecule has 1 fully saturated rings. The highest BCUT2D eigenvalue weighted by Crippen LogP contribution is 2.11. The van der Waals surface area contributed by atoms with Crippen LogP contribution < -0.4 is 10.6 Å². The molecule has 9 heteroatoms. The number of thiophene rings is 1. The molecule has 2 N–H and O–H groups in total. The van der Waals surface area contributed by atoms with Crippen LogP contribution in [0.2, 0.25) is 0 Å². The number of hydrogen-bond acceptors (Lipinski definition) is 5. The number of rotatable bonds is 6. The first-order chi connectivity index (χ1) is 11.7. The molecule has 138 valence electrons. The molecule has 3 rings (SSSR count). The molecular weight excluding hydrogens is 451 g/mol. The van der Waals surface area contributed by atoms with Gasteiger partial charge in [0.05, 0.1) is 13.2 Å². The van der Waals surface area contributed by atoms with Gasteiger partial charge >= 0.3 is 0 Å². The Labute approximate surface area is 169 Å². The minimum Gasteiger partial charge on any atom is -0.381 e. The zero-order valence-electron chi connectivity index (χ0n) is 14.6. The predicted molar refractivity (Wildman–Crippen MR) is 110 cm³/mol. The van der Waals surface area contributed by atoms with Gasteiger partial charge < -0.3 is 19.9 Å². The Morgan fingerprint density at radius 3 is 2.96 bits per heavy atom. The summed E-state index contributed by atoms with van der Waals surface area (Å²) in [6.07, 6.45) is 1.10. The van der Waals surface area contributed by atoms with E-state index < -0.39 is 0 Å². The maximum absolute atomic E-state index is 5.44. The highest BCUT2D eigenvalue weighted by atomic mass is 127. The molecule has 1 unspecified atom stereocenters. The number of ether oxygens (including phenoxy) is 1. The molecule has 3 heterocycles. The van der Waals surface area contributed by atoms with Crippen LogP contribution in [-0.4, -0.2) is 40.5 Å². The van der Waals surface area contributed by atoms with Crippen LogP contribution in [0.15, 0.2) is 22.5 Å². The molecule has 0 aliphatic carbocycles. The van der Waals surface area contributed by atoms with E-state index in [1.807, 2.05) is 18.5 Å². The SMILES string of the molecule is Cc1nnc(CN=C(NCc2cccs2)NCC2CCOC2)n1C.I. The Kier molecular flexibility index (Phi) is 8.10. The molecule has 1 aliphatic heterocycles. The molecule has 7 nitrogen and oxygen atoms in total. The first-order valence-electron chi connectivity index (χ1n) is 8.19. The first kappa shape index (κ1) is 20.1. The van der Waals surface area contributed by atoms with Crippen LogP contribution in [0, 0.1) is 12.8 Å². The average molecular weight is 476 g/mol. The van der Waals surface area contributed by atoms with Gasteiger partial charge in [-0.05, 0) is 24.8 Å². The maximum Gasteiger partial charge on any atom is 0.192 e. The van der Waals surface area contributed by atoms with E-state index in [9.17, 15) is 0 Å². The zero-order chi connectivity index (χ0) is 16.8. The lowest BCUT2D eigenvalue weighted by molar-refractivity contribution is 0.186. The van der Waals surface area contributed by atoms with E-state index in [0.717, 1.165) is 50.3 Å². The topological polar surface area (TPSA) is 76.4 Å². The van der Waals surface area contributed by atoms with Crippen molar-refractivity contribution in [3.05, 3.63) is 34.0 Å². The van der Waals surface area contributed by atoms with Crippen LogP contribution in [-0.2, 0) is 24.9 Å². The molecule has 25 heavy (non-hydrogen) atoms. The maximum atomic E-state index is 5.44. The van der Waals surface area contributed by atoms with Crippen LogP contribution in [0.25, 0.3) is 0 Å². The Hall–Kier alpha value is -1.20. The normalized spacial score (nSPS) is 17.4. The van der Waals surface area contributed by atoms with Crippen molar-refractivity contribution < 1.29 is 4.74 Å². The van der Waals surface area contributed by atoms with Gasteiger partial charge in [0.25, 0.3) is 0 Å². The lowest BCUT2D eigenvalue weighted by Gasteiger charge is -2.14. The van der Waals surface area contributed by atoms with Gasteiger partial charge in [0.15, 0.2) is 11.8 Å².